The van der Waals surface area contributed by atoms with Gasteiger partial charge in [-0.05, 0) is 49.3 Å². The molecule has 136 valence electrons. The number of benzene rings is 1. The van der Waals surface area contributed by atoms with Crippen LogP contribution in [0.1, 0.15) is 31.2 Å². The zero-order valence-corrected chi connectivity index (χ0v) is 14.7. The number of carbonyl (C=O) groups excluding carboxylic acids is 1. The maximum absolute atomic E-state index is 13.1. The summed E-state index contributed by atoms with van der Waals surface area (Å²) in [5.41, 5.74) is 1.13. The van der Waals surface area contributed by atoms with Crippen LogP contribution in [-0.4, -0.2) is 43.7 Å². The Hall–Kier alpha value is -1.46. The van der Waals surface area contributed by atoms with Gasteiger partial charge in [0.2, 0.25) is 5.91 Å². The summed E-state index contributed by atoms with van der Waals surface area (Å²) in [6, 6.07) is 6.70. The van der Waals surface area contributed by atoms with E-state index in [0.717, 1.165) is 57.8 Å². The highest BCUT2D eigenvalue weighted by atomic mass is 19.1. The molecule has 1 atom stereocenters. The first-order valence-electron chi connectivity index (χ1n) is 9.47. The number of ether oxygens (including phenoxy) is 1. The maximum Gasteiger partial charge on any atom is 0.225 e. The van der Waals surface area contributed by atoms with Crippen molar-refractivity contribution in [3.05, 3.63) is 35.6 Å². The van der Waals surface area contributed by atoms with Crippen LogP contribution in [0.3, 0.4) is 0 Å². The van der Waals surface area contributed by atoms with E-state index >= 15 is 0 Å². The van der Waals surface area contributed by atoms with Crippen LogP contribution < -0.4 is 5.32 Å². The molecule has 1 amide bonds. The normalized spacial score (nSPS) is 26.0. The predicted molar refractivity (Wildman–Crippen MR) is 93.4 cm³/mol. The minimum Gasteiger partial charge on any atom is -0.381 e. The summed E-state index contributed by atoms with van der Waals surface area (Å²) in [7, 11) is 0. The second-order valence-corrected chi connectivity index (χ2v) is 8.01. The fraction of sp³-hybridized carbons (Fsp3) is 0.650. The Morgan fingerprint density at radius 3 is 2.64 bits per heavy atom. The van der Waals surface area contributed by atoms with Crippen LogP contribution >= 0.6 is 0 Å². The molecule has 4 nitrogen and oxygen atoms in total. The van der Waals surface area contributed by atoms with Crippen molar-refractivity contribution in [2.24, 2.45) is 17.3 Å². The van der Waals surface area contributed by atoms with E-state index in [4.69, 9.17) is 4.74 Å². The van der Waals surface area contributed by atoms with E-state index in [1.54, 1.807) is 0 Å². The number of amides is 1. The lowest BCUT2D eigenvalue weighted by molar-refractivity contribution is -0.129. The molecule has 1 aromatic carbocycles. The molecule has 2 saturated heterocycles. The Labute approximate surface area is 148 Å². The molecule has 0 radical (unpaired) electrons. The van der Waals surface area contributed by atoms with Crippen molar-refractivity contribution in [3.63, 3.8) is 0 Å². The lowest BCUT2D eigenvalue weighted by atomic mass is 9.71. The Kier molecular flexibility index (Phi) is 4.78. The molecule has 1 saturated carbocycles. The molecule has 3 fully saturated rings. The van der Waals surface area contributed by atoms with Gasteiger partial charge in [-0.25, -0.2) is 4.39 Å². The summed E-state index contributed by atoms with van der Waals surface area (Å²) < 4.78 is 18.7. The molecule has 5 heteroatoms. The fourth-order valence-corrected chi connectivity index (χ4v) is 4.38. The zero-order chi connectivity index (χ0) is 17.3. The van der Waals surface area contributed by atoms with Gasteiger partial charge in [0.25, 0.3) is 0 Å². The van der Waals surface area contributed by atoms with Crippen molar-refractivity contribution in [2.75, 3.05) is 32.8 Å². The van der Waals surface area contributed by atoms with Crippen molar-refractivity contribution in [1.82, 2.24) is 10.2 Å². The molecule has 1 aromatic rings. The number of hydrogen-bond donors (Lipinski definition) is 1. The summed E-state index contributed by atoms with van der Waals surface area (Å²) in [4.78, 5) is 15.2. The second-order valence-electron chi connectivity index (χ2n) is 8.01. The topological polar surface area (TPSA) is 41.6 Å². The van der Waals surface area contributed by atoms with Crippen LogP contribution in [0.5, 0.6) is 0 Å². The monoisotopic (exact) mass is 346 g/mol. The van der Waals surface area contributed by atoms with E-state index in [0.29, 0.717) is 5.92 Å². The highest BCUT2D eigenvalue weighted by Gasteiger charge is 2.50. The lowest BCUT2D eigenvalue weighted by Crippen LogP contribution is -2.44. The van der Waals surface area contributed by atoms with Gasteiger partial charge in [-0.2, -0.15) is 0 Å². The Bertz CT molecular complexity index is 609. The quantitative estimate of drug-likeness (QED) is 0.891. The third-order valence-corrected chi connectivity index (χ3v) is 6.10. The smallest absolute Gasteiger partial charge is 0.225 e. The van der Waals surface area contributed by atoms with E-state index in [1.165, 1.54) is 25.0 Å². The van der Waals surface area contributed by atoms with Gasteiger partial charge in [-0.1, -0.05) is 12.1 Å². The van der Waals surface area contributed by atoms with Crippen molar-refractivity contribution >= 4 is 5.91 Å². The molecule has 25 heavy (non-hydrogen) atoms. The Morgan fingerprint density at radius 2 is 1.96 bits per heavy atom. The van der Waals surface area contributed by atoms with E-state index in [9.17, 15) is 9.18 Å². The van der Waals surface area contributed by atoms with Crippen molar-refractivity contribution in [3.8, 4) is 0 Å². The number of nitrogens with zero attached hydrogens (tertiary/aromatic N) is 1. The molecule has 4 rings (SSSR count). The first-order chi connectivity index (χ1) is 12.1. The molecule has 1 unspecified atom stereocenters. The van der Waals surface area contributed by atoms with Gasteiger partial charge in [-0.15, -0.1) is 0 Å². The second kappa shape index (κ2) is 7.04. The molecule has 0 aromatic heterocycles. The van der Waals surface area contributed by atoms with Gasteiger partial charge in [-0.3, -0.25) is 9.69 Å². The average Bonchev–Trinajstić information content (AvgIpc) is 3.39. The average molecular weight is 346 g/mol. The van der Waals surface area contributed by atoms with E-state index in [2.05, 4.69) is 10.2 Å². The van der Waals surface area contributed by atoms with Crippen LogP contribution in [-0.2, 0) is 16.1 Å². The van der Waals surface area contributed by atoms with Gasteiger partial charge in [0, 0.05) is 44.8 Å². The molecular formula is C20H27FN2O2. The molecule has 1 spiro atoms. The maximum atomic E-state index is 13.1. The highest BCUT2D eigenvalue weighted by Crippen LogP contribution is 2.45. The Morgan fingerprint density at radius 1 is 1.24 bits per heavy atom. The number of halogens is 1. The van der Waals surface area contributed by atoms with E-state index in [1.807, 2.05) is 12.1 Å². The summed E-state index contributed by atoms with van der Waals surface area (Å²) in [5.74, 6) is 0.751. The van der Waals surface area contributed by atoms with E-state index in [-0.39, 0.29) is 23.1 Å². The molecule has 3 aliphatic rings. The molecular weight excluding hydrogens is 319 g/mol. The standard InChI is InChI=1S/C20H27FN2O2/c21-17-5-3-16(4-6-17)12-23-13-18(19(24)22-11-15-1-2-15)20(14-23)7-9-25-10-8-20/h3-6,15,18H,1-2,7-14H2,(H,22,24). The van der Waals surface area contributed by atoms with Crippen LogP contribution in [0.15, 0.2) is 24.3 Å². The lowest BCUT2D eigenvalue weighted by Gasteiger charge is -2.37. The van der Waals surface area contributed by atoms with Crippen LogP contribution in [0.25, 0.3) is 0 Å². The van der Waals surface area contributed by atoms with Gasteiger partial charge in [0.05, 0.1) is 5.92 Å². The van der Waals surface area contributed by atoms with E-state index < -0.39 is 0 Å². The van der Waals surface area contributed by atoms with Gasteiger partial charge < -0.3 is 10.1 Å². The molecule has 1 N–H and O–H groups in total. The number of hydrogen-bond acceptors (Lipinski definition) is 3. The minimum atomic E-state index is -0.205. The number of nitrogens with one attached hydrogen (secondary N) is 1. The van der Waals surface area contributed by atoms with Crippen molar-refractivity contribution in [1.29, 1.82) is 0 Å². The molecule has 1 aliphatic carbocycles. The predicted octanol–water partition coefficient (Wildman–Crippen LogP) is 2.58. The first-order valence-corrected chi connectivity index (χ1v) is 9.47. The van der Waals surface area contributed by atoms with Crippen molar-refractivity contribution < 1.29 is 13.9 Å². The van der Waals surface area contributed by atoms with Gasteiger partial charge >= 0.3 is 0 Å². The van der Waals surface area contributed by atoms with Crippen LogP contribution in [0, 0.1) is 23.1 Å². The Balaban J connectivity index is 1.45. The zero-order valence-electron chi connectivity index (χ0n) is 14.7. The van der Waals surface area contributed by atoms with Crippen LogP contribution in [0.4, 0.5) is 4.39 Å². The molecule has 2 heterocycles. The van der Waals surface area contributed by atoms with Crippen LogP contribution in [0.2, 0.25) is 0 Å². The first kappa shape index (κ1) is 17.0. The number of carbonyl (C=O) groups is 1. The molecule has 2 aliphatic heterocycles. The van der Waals surface area contributed by atoms with Crippen molar-refractivity contribution in [2.45, 2.75) is 32.2 Å². The highest BCUT2D eigenvalue weighted by molar-refractivity contribution is 5.80. The van der Waals surface area contributed by atoms with Gasteiger partial charge in [0.1, 0.15) is 5.82 Å². The third kappa shape index (κ3) is 3.87. The summed E-state index contributed by atoms with van der Waals surface area (Å²) in [6.07, 6.45) is 4.41. The van der Waals surface area contributed by atoms with Gasteiger partial charge in [0.15, 0.2) is 0 Å². The fourth-order valence-electron chi connectivity index (χ4n) is 4.38. The summed E-state index contributed by atoms with van der Waals surface area (Å²) in [6.45, 7) is 4.81. The molecule has 0 bridgehead atoms. The number of likely N-dealkylation sites (tertiary alicyclic amines) is 1. The summed E-state index contributed by atoms with van der Waals surface area (Å²) in [5, 5.41) is 3.19. The SMILES string of the molecule is O=C(NCC1CC1)C1CN(Cc2ccc(F)cc2)CC12CCOCC2. The third-order valence-electron chi connectivity index (χ3n) is 6.10. The minimum absolute atomic E-state index is 0.0336. The number of rotatable bonds is 5. The summed E-state index contributed by atoms with van der Waals surface area (Å²) >= 11 is 0. The largest absolute Gasteiger partial charge is 0.381 e.